The molecule has 1 amide bonds. The first-order valence-corrected chi connectivity index (χ1v) is 5.80. The first-order valence-electron chi connectivity index (χ1n) is 5.80. The van der Waals surface area contributed by atoms with Gasteiger partial charge in [-0.3, -0.25) is 10.2 Å². The van der Waals surface area contributed by atoms with Gasteiger partial charge in [0.05, 0.1) is 6.61 Å². The van der Waals surface area contributed by atoms with Gasteiger partial charge in [-0.05, 0) is 22.4 Å². The van der Waals surface area contributed by atoms with E-state index in [0.29, 0.717) is 6.61 Å². The molecular formula is C14H16N2O2. The second-order valence-electron chi connectivity index (χ2n) is 3.97. The van der Waals surface area contributed by atoms with Crippen molar-refractivity contribution in [3.05, 3.63) is 48.0 Å². The Morgan fingerprint density at radius 2 is 1.94 bits per heavy atom. The molecule has 0 atom stereocenters. The van der Waals surface area contributed by atoms with E-state index in [1.165, 1.54) is 10.8 Å². The van der Waals surface area contributed by atoms with Crippen molar-refractivity contribution in [2.45, 2.75) is 6.61 Å². The zero-order valence-corrected chi connectivity index (χ0v) is 10.3. The highest BCUT2D eigenvalue weighted by Crippen LogP contribution is 2.15. The predicted octanol–water partition coefficient (Wildman–Crippen LogP) is 1.61. The smallest absolute Gasteiger partial charge is 0.260 e. The molecule has 0 aliphatic carbocycles. The van der Waals surface area contributed by atoms with Gasteiger partial charge >= 0.3 is 0 Å². The van der Waals surface area contributed by atoms with Gasteiger partial charge < -0.3 is 4.74 Å². The van der Waals surface area contributed by atoms with Crippen LogP contribution in [-0.4, -0.2) is 19.6 Å². The van der Waals surface area contributed by atoms with Gasteiger partial charge in [-0.25, -0.2) is 5.43 Å². The fraction of sp³-hybridized carbons (Fsp3) is 0.214. The third kappa shape index (κ3) is 3.29. The van der Waals surface area contributed by atoms with Gasteiger partial charge in [0.15, 0.2) is 0 Å². The van der Waals surface area contributed by atoms with E-state index in [-0.39, 0.29) is 12.5 Å². The van der Waals surface area contributed by atoms with E-state index >= 15 is 0 Å². The molecule has 2 aromatic carbocycles. The minimum Gasteiger partial charge on any atom is -0.367 e. The largest absolute Gasteiger partial charge is 0.367 e. The average molecular weight is 244 g/mol. The number of hydrogen-bond donors (Lipinski definition) is 2. The number of amides is 1. The van der Waals surface area contributed by atoms with Crippen LogP contribution < -0.4 is 10.9 Å². The summed E-state index contributed by atoms with van der Waals surface area (Å²) in [5.74, 6) is -0.182. The maximum Gasteiger partial charge on any atom is 0.260 e. The molecule has 2 aromatic rings. The Morgan fingerprint density at radius 3 is 2.72 bits per heavy atom. The van der Waals surface area contributed by atoms with Gasteiger partial charge in [0.1, 0.15) is 6.61 Å². The monoisotopic (exact) mass is 244 g/mol. The summed E-state index contributed by atoms with van der Waals surface area (Å²) in [4.78, 5) is 11.1. The van der Waals surface area contributed by atoms with Crippen molar-refractivity contribution in [1.82, 2.24) is 10.9 Å². The zero-order chi connectivity index (χ0) is 12.8. The van der Waals surface area contributed by atoms with Crippen molar-refractivity contribution >= 4 is 16.7 Å². The number of hydrogen-bond acceptors (Lipinski definition) is 3. The zero-order valence-electron chi connectivity index (χ0n) is 10.3. The van der Waals surface area contributed by atoms with Crippen LogP contribution in [0.25, 0.3) is 10.8 Å². The number of fused-ring (bicyclic) bond motifs is 1. The quantitative estimate of drug-likeness (QED) is 0.786. The van der Waals surface area contributed by atoms with Crippen molar-refractivity contribution in [3.8, 4) is 0 Å². The van der Waals surface area contributed by atoms with Crippen LogP contribution in [0.4, 0.5) is 0 Å². The minimum absolute atomic E-state index is 0.0493. The summed E-state index contributed by atoms with van der Waals surface area (Å²) in [5, 5.41) is 2.38. The standard InChI is InChI=1S/C14H16N2O2/c1-15-16-14(17)10-18-9-11-6-7-12-4-2-3-5-13(12)8-11/h2-8,15H,9-10H2,1H3,(H,16,17). The van der Waals surface area contributed by atoms with Crippen LogP contribution >= 0.6 is 0 Å². The summed E-state index contributed by atoms with van der Waals surface area (Å²) >= 11 is 0. The van der Waals surface area contributed by atoms with E-state index in [9.17, 15) is 4.79 Å². The Balaban J connectivity index is 1.93. The number of carbonyl (C=O) groups is 1. The van der Waals surface area contributed by atoms with Crippen molar-refractivity contribution in [1.29, 1.82) is 0 Å². The Labute approximate surface area is 106 Å². The van der Waals surface area contributed by atoms with Crippen LogP contribution in [0, 0.1) is 0 Å². The van der Waals surface area contributed by atoms with Crippen molar-refractivity contribution in [3.63, 3.8) is 0 Å². The number of rotatable bonds is 5. The molecule has 2 N–H and O–H groups in total. The maximum absolute atomic E-state index is 11.1. The summed E-state index contributed by atoms with van der Waals surface area (Å²) in [5.41, 5.74) is 6.07. The molecule has 0 aliphatic rings. The minimum atomic E-state index is -0.182. The summed E-state index contributed by atoms with van der Waals surface area (Å²) in [6, 6.07) is 14.3. The van der Waals surface area contributed by atoms with Crippen LogP contribution in [0.3, 0.4) is 0 Å². The predicted molar refractivity (Wildman–Crippen MR) is 70.8 cm³/mol. The van der Waals surface area contributed by atoms with Gasteiger partial charge in [0, 0.05) is 7.05 Å². The van der Waals surface area contributed by atoms with Gasteiger partial charge in [-0.15, -0.1) is 0 Å². The molecule has 0 fully saturated rings. The molecule has 0 radical (unpaired) electrons. The molecule has 2 rings (SSSR count). The van der Waals surface area contributed by atoms with Crippen LogP contribution in [0.5, 0.6) is 0 Å². The van der Waals surface area contributed by atoms with E-state index in [1.807, 2.05) is 18.2 Å². The third-order valence-electron chi connectivity index (χ3n) is 2.58. The van der Waals surface area contributed by atoms with Crippen molar-refractivity contribution in [2.24, 2.45) is 0 Å². The van der Waals surface area contributed by atoms with Crippen LogP contribution in [0.15, 0.2) is 42.5 Å². The first kappa shape index (κ1) is 12.5. The molecule has 0 saturated heterocycles. The van der Waals surface area contributed by atoms with Crippen LogP contribution in [0.1, 0.15) is 5.56 Å². The number of benzene rings is 2. The summed E-state index contributed by atoms with van der Waals surface area (Å²) < 4.78 is 5.33. The first-order chi connectivity index (χ1) is 8.79. The molecule has 94 valence electrons. The molecule has 0 aromatic heterocycles. The molecule has 0 heterocycles. The van der Waals surface area contributed by atoms with E-state index in [1.54, 1.807) is 7.05 Å². The van der Waals surface area contributed by atoms with E-state index in [0.717, 1.165) is 5.56 Å². The fourth-order valence-electron chi connectivity index (χ4n) is 1.77. The number of hydrazine groups is 1. The fourth-order valence-corrected chi connectivity index (χ4v) is 1.77. The lowest BCUT2D eigenvalue weighted by Crippen LogP contribution is -2.36. The molecule has 0 bridgehead atoms. The molecule has 0 saturated carbocycles. The van der Waals surface area contributed by atoms with E-state index in [2.05, 4.69) is 35.1 Å². The van der Waals surface area contributed by atoms with Crippen molar-refractivity contribution in [2.75, 3.05) is 13.7 Å². The van der Waals surface area contributed by atoms with Gasteiger partial charge in [-0.1, -0.05) is 36.4 Å². The third-order valence-corrected chi connectivity index (χ3v) is 2.58. The molecule has 0 spiro atoms. The second kappa shape index (κ2) is 6.14. The summed E-state index contributed by atoms with van der Waals surface area (Å²) in [6.07, 6.45) is 0. The normalized spacial score (nSPS) is 10.5. The SMILES string of the molecule is CNNC(=O)COCc1ccc2ccccc2c1. The summed E-state index contributed by atoms with van der Waals surface area (Å²) in [7, 11) is 1.64. The Morgan fingerprint density at radius 1 is 1.17 bits per heavy atom. The number of ether oxygens (including phenoxy) is 1. The van der Waals surface area contributed by atoms with Gasteiger partial charge in [-0.2, -0.15) is 0 Å². The van der Waals surface area contributed by atoms with E-state index < -0.39 is 0 Å². The lowest BCUT2D eigenvalue weighted by atomic mass is 10.1. The number of nitrogens with one attached hydrogen (secondary N) is 2. The Bertz CT molecular complexity index is 540. The Hall–Kier alpha value is -1.91. The van der Waals surface area contributed by atoms with Gasteiger partial charge in [0.25, 0.3) is 5.91 Å². The highest BCUT2D eigenvalue weighted by Gasteiger charge is 2.00. The topological polar surface area (TPSA) is 50.4 Å². The average Bonchev–Trinajstić information content (AvgIpc) is 2.39. The molecule has 0 unspecified atom stereocenters. The van der Waals surface area contributed by atoms with Crippen LogP contribution in [0.2, 0.25) is 0 Å². The lowest BCUT2D eigenvalue weighted by molar-refractivity contribution is -0.126. The second-order valence-corrected chi connectivity index (χ2v) is 3.97. The highest BCUT2D eigenvalue weighted by molar-refractivity contribution is 5.83. The van der Waals surface area contributed by atoms with Crippen LogP contribution in [-0.2, 0) is 16.1 Å². The summed E-state index contributed by atoms with van der Waals surface area (Å²) in [6.45, 7) is 0.482. The number of carbonyl (C=O) groups excluding carboxylic acids is 1. The Kier molecular flexibility index (Phi) is 4.28. The molecule has 0 aliphatic heterocycles. The van der Waals surface area contributed by atoms with Crippen molar-refractivity contribution < 1.29 is 9.53 Å². The van der Waals surface area contributed by atoms with E-state index in [4.69, 9.17) is 4.74 Å². The maximum atomic E-state index is 11.1. The van der Waals surface area contributed by atoms with Gasteiger partial charge in [0.2, 0.25) is 0 Å². The molecular weight excluding hydrogens is 228 g/mol. The highest BCUT2D eigenvalue weighted by atomic mass is 16.5. The molecule has 4 heteroatoms. The lowest BCUT2D eigenvalue weighted by Gasteiger charge is -2.06. The molecule has 4 nitrogen and oxygen atoms in total. The molecule has 18 heavy (non-hydrogen) atoms.